The molecule has 4 nitrogen and oxygen atoms in total. The number of thioether (sulfide) groups is 1. The first-order chi connectivity index (χ1) is 13.3. The summed E-state index contributed by atoms with van der Waals surface area (Å²) in [5.74, 6) is 1.30. The number of fused-ring (bicyclic) bond motifs is 1. The van der Waals surface area contributed by atoms with E-state index in [1.165, 1.54) is 0 Å². The second-order valence-corrected chi connectivity index (χ2v) is 7.55. The van der Waals surface area contributed by atoms with Crippen molar-refractivity contribution in [3.8, 4) is 11.5 Å². The van der Waals surface area contributed by atoms with Crippen LogP contribution in [0, 0.1) is 5.21 Å². The van der Waals surface area contributed by atoms with E-state index in [1.54, 1.807) is 18.9 Å². The first-order valence-electron chi connectivity index (χ1n) is 8.87. The van der Waals surface area contributed by atoms with Crippen LogP contribution in [-0.2, 0) is 13.2 Å². The van der Waals surface area contributed by atoms with E-state index < -0.39 is 0 Å². The van der Waals surface area contributed by atoms with Gasteiger partial charge in [0.2, 0.25) is 0 Å². The molecule has 0 amide bonds. The zero-order chi connectivity index (χ0) is 18.6. The number of rotatable bonds is 5. The Labute approximate surface area is 163 Å². The van der Waals surface area contributed by atoms with Crippen molar-refractivity contribution in [1.82, 2.24) is 0 Å². The maximum absolute atomic E-state index is 12.9. The van der Waals surface area contributed by atoms with E-state index >= 15 is 0 Å². The number of hydrogen-bond donors (Lipinski definition) is 1. The minimum absolute atomic E-state index is 0.191. The van der Waals surface area contributed by atoms with Crippen LogP contribution < -0.4 is 14.5 Å². The van der Waals surface area contributed by atoms with Gasteiger partial charge in [-0.25, -0.2) is 0 Å². The van der Waals surface area contributed by atoms with Gasteiger partial charge in [0, 0.05) is 10.5 Å². The van der Waals surface area contributed by atoms with E-state index in [2.05, 4.69) is 6.07 Å². The van der Waals surface area contributed by atoms with Gasteiger partial charge in [0.15, 0.2) is 16.9 Å². The lowest BCUT2D eigenvalue weighted by Crippen LogP contribution is -3.06. The Morgan fingerprint density at radius 1 is 1.00 bits per heavy atom. The Hall–Kier alpha value is -2.47. The van der Waals surface area contributed by atoms with Gasteiger partial charge in [0.05, 0.1) is 12.7 Å². The lowest BCUT2D eigenvalue weighted by molar-refractivity contribution is -0.880. The van der Waals surface area contributed by atoms with Crippen molar-refractivity contribution in [2.75, 3.05) is 7.11 Å². The fraction of sp³-hybridized carbons (Fsp3) is 0.182. The standard InChI is InChI=1S/C22H21NO3S/c1-25-19-12-7-11-18(21(19)26-15-16-8-3-2-4-9-16)22-23(24)14-17-10-5-6-13-20(17)27-22/h2-13,22-23H,14-15H2,1H3. The highest BCUT2D eigenvalue weighted by atomic mass is 32.2. The van der Waals surface area contributed by atoms with Crippen molar-refractivity contribution in [1.29, 1.82) is 0 Å². The molecule has 0 aromatic heterocycles. The SMILES string of the molecule is COc1cccc(C2Sc3ccccc3C[NH+]2[O-])c1OCc1ccccc1. The van der Waals surface area contributed by atoms with Crippen LogP contribution in [0.15, 0.2) is 77.7 Å². The molecule has 138 valence electrons. The maximum Gasteiger partial charge on any atom is 0.171 e. The number of quaternary nitrogens is 1. The minimum atomic E-state index is -0.291. The van der Waals surface area contributed by atoms with Gasteiger partial charge in [0.1, 0.15) is 13.2 Å². The summed E-state index contributed by atoms with van der Waals surface area (Å²) in [5.41, 5.74) is 3.04. The van der Waals surface area contributed by atoms with Crippen LogP contribution in [0.5, 0.6) is 11.5 Å². The Bertz CT molecular complexity index is 916. The van der Waals surface area contributed by atoms with Crippen molar-refractivity contribution in [2.24, 2.45) is 0 Å². The number of ether oxygens (including phenoxy) is 2. The fourth-order valence-electron chi connectivity index (χ4n) is 3.26. The molecule has 3 aromatic rings. The highest BCUT2D eigenvalue weighted by Gasteiger charge is 2.30. The number of para-hydroxylation sites is 1. The Kier molecular flexibility index (Phi) is 5.34. The van der Waals surface area contributed by atoms with Crippen LogP contribution >= 0.6 is 11.8 Å². The molecule has 0 aliphatic carbocycles. The molecule has 0 saturated carbocycles. The Morgan fingerprint density at radius 3 is 2.59 bits per heavy atom. The lowest BCUT2D eigenvalue weighted by Gasteiger charge is -2.36. The van der Waals surface area contributed by atoms with Crippen LogP contribution in [-0.4, -0.2) is 7.11 Å². The molecule has 27 heavy (non-hydrogen) atoms. The summed E-state index contributed by atoms with van der Waals surface area (Å²) in [6, 6.07) is 23.8. The molecule has 0 bridgehead atoms. The fourth-order valence-corrected chi connectivity index (χ4v) is 4.49. The molecule has 1 aliphatic heterocycles. The first kappa shape index (κ1) is 17.9. The molecular weight excluding hydrogens is 358 g/mol. The van der Waals surface area contributed by atoms with Gasteiger partial charge in [0.25, 0.3) is 0 Å². The molecule has 0 radical (unpaired) electrons. The molecular formula is C22H21NO3S. The highest BCUT2D eigenvalue weighted by Crippen LogP contribution is 2.43. The first-order valence-corrected chi connectivity index (χ1v) is 9.75. The van der Waals surface area contributed by atoms with Crippen molar-refractivity contribution in [2.45, 2.75) is 23.4 Å². The van der Waals surface area contributed by atoms with Gasteiger partial charge in [-0.1, -0.05) is 66.4 Å². The average Bonchev–Trinajstić information content (AvgIpc) is 2.72. The summed E-state index contributed by atoms with van der Waals surface area (Å²) in [5, 5.41) is 12.8. The van der Waals surface area contributed by atoms with Crippen LogP contribution in [0.2, 0.25) is 0 Å². The molecule has 1 heterocycles. The molecule has 3 aromatic carbocycles. The third-order valence-corrected chi connectivity index (χ3v) is 6.02. The quantitative estimate of drug-likeness (QED) is 0.682. The third kappa shape index (κ3) is 3.81. The van der Waals surface area contributed by atoms with Crippen molar-refractivity contribution >= 4 is 11.8 Å². The number of nitrogens with one attached hydrogen (secondary N) is 1. The van der Waals surface area contributed by atoms with Gasteiger partial charge < -0.3 is 19.7 Å². The van der Waals surface area contributed by atoms with Crippen molar-refractivity contribution in [3.05, 3.63) is 94.7 Å². The van der Waals surface area contributed by atoms with Gasteiger partial charge in [-0.15, -0.1) is 0 Å². The number of hydrogen-bond acceptors (Lipinski definition) is 4. The highest BCUT2D eigenvalue weighted by molar-refractivity contribution is 7.99. The third-order valence-electron chi connectivity index (χ3n) is 4.61. The zero-order valence-corrected chi connectivity index (χ0v) is 15.9. The van der Waals surface area contributed by atoms with Crippen molar-refractivity contribution in [3.63, 3.8) is 0 Å². The van der Waals surface area contributed by atoms with Gasteiger partial charge in [-0.3, -0.25) is 0 Å². The van der Waals surface area contributed by atoms with E-state index in [1.807, 2.05) is 66.7 Å². The zero-order valence-electron chi connectivity index (χ0n) is 15.1. The summed E-state index contributed by atoms with van der Waals surface area (Å²) in [7, 11) is 1.62. The van der Waals surface area contributed by atoms with Crippen LogP contribution in [0.25, 0.3) is 0 Å². The molecule has 0 saturated heterocycles. The molecule has 1 N–H and O–H groups in total. The summed E-state index contributed by atoms with van der Waals surface area (Å²) in [4.78, 5) is 1.15. The second-order valence-electron chi connectivity index (χ2n) is 6.40. The molecule has 0 spiro atoms. The van der Waals surface area contributed by atoms with Gasteiger partial charge >= 0.3 is 0 Å². The number of hydroxylamine groups is 2. The number of methoxy groups -OCH3 is 1. The van der Waals surface area contributed by atoms with Gasteiger partial charge in [-0.05, 0) is 23.8 Å². The van der Waals surface area contributed by atoms with E-state index in [0.717, 1.165) is 21.6 Å². The monoisotopic (exact) mass is 379 g/mol. The van der Waals surface area contributed by atoms with Crippen LogP contribution in [0.1, 0.15) is 22.1 Å². The Balaban J connectivity index is 1.66. The van der Waals surface area contributed by atoms with Gasteiger partial charge in [-0.2, -0.15) is 0 Å². The predicted octanol–water partition coefficient (Wildman–Crippen LogP) is 3.96. The largest absolute Gasteiger partial charge is 0.633 e. The van der Waals surface area contributed by atoms with Crippen LogP contribution in [0.3, 0.4) is 0 Å². The smallest absolute Gasteiger partial charge is 0.171 e. The number of benzene rings is 3. The van der Waals surface area contributed by atoms with E-state index in [9.17, 15) is 5.21 Å². The normalized spacial score (nSPS) is 18.6. The molecule has 2 atom stereocenters. The maximum atomic E-state index is 12.9. The molecule has 2 unspecified atom stereocenters. The van der Waals surface area contributed by atoms with E-state index in [0.29, 0.717) is 24.7 Å². The second kappa shape index (κ2) is 8.05. The van der Waals surface area contributed by atoms with E-state index in [4.69, 9.17) is 9.47 Å². The summed E-state index contributed by atoms with van der Waals surface area (Å²) in [6.07, 6.45) is 0. The predicted molar refractivity (Wildman–Crippen MR) is 107 cm³/mol. The average molecular weight is 379 g/mol. The van der Waals surface area contributed by atoms with Crippen LogP contribution in [0.4, 0.5) is 0 Å². The molecule has 4 rings (SSSR count). The van der Waals surface area contributed by atoms with Crippen molar-refractivity contribution < 1.29 is 14.5 Å². The van der Waals surface area contributed by atoms with E-state index in [-0.39, 0.29) is 10.4 Å². The topological polar surface area (TPSA) is 46.0 Å². The molecule has 5 heteroatoms. The summed E-state index contributed by atoms with van der Waals surface area (Å²) < 4.78 is 11.7. The minimum Gasteiger partial charge on any atom is -0.633 e. The molecule has 0 fully saturated rings. The molecule has 1 aliphatic rings. The summed E-state index contributed by atoms with van der Waals surface area (Å²) in [6.45, 7) is 0.875. The summed E-state index contributed by atoms with van der Waals surface area (Å²) >= 11 is 1.59. The Morgan fingerprint density at radius 2 is 1.78 bits per heavy atom. The lowest BCUT2D eigenvalue weighted by atomic mass is 10.1.